The smallest absolute Gasteiger partial charge is 0.340 e. The molecule has 0 aliphatic carbocycles. The summed E-state index contributed by atoms with van der Waals surface area (Å²) in [7, 11) is 0. The molecule has 7 nitrogen and oxygen atoms in total. The first-order valence-corrected chi connectivity index (χ1v) is 7.04. The van der Waals surface area contributed by atoms with Crippen molar-refractivity contribution in [2.45, 2.75) is 12.8 Å². The fraction of sp³-hybridized carbons (Fsp3) is 0.250. The molecule has 2 rings (SSSR count). The number of phenols is 1. The molecule has 0 fully saturated rings. The third-order valence-corrected chi connectivity index (χ3v) is 3.55. The fourth-order valence-corrected chi connectivity index (χ4v) is 1.97. The number of aromatic nitrogens is 3. The van der Waals surface area contributed by atoms with E-state index in [1.807, 2.05) is 22.6 Å². The summed E-state index contributed by atoms with van der Waals surface area (Å²) in [4.78, 5) is 25.2. The quantitative estimate of drug-likeness (QED) is 0.448. The molecule has 0 atom stereocenters. The highest BCUT2D eigenvalue weighted by atomic mass is 127. The van der Waals surface area contributed by atoms with Gasteiger partial charge in [-0.25, -0.2) is 9.89 Å². The van der Waals surface area contributed by atoms with Gasteiger partial charge in [0.25, 0.3) is 5.91 Å². The Morgan fingerprint density at radius 3 is 2.90 bits per heavy atom. The second kappa shape index (κ2) is 6.55. The number of H-pyrrole nitrogens is 2. The van der Waals surface area contributed by atoms with Gasteiger partial charge in [0.05, 0.1) is 3.57 Å². The minimum absolute atomic E-state index is 0.0901. The average molecular weight is 388 g/mol. The van der Waals surface area contributed by atoms with Crippen LogP contribution in [0.15, 0.2) is 23.0 Å². The Kier molecular flexibility index (Phi) is 4.77. The Bertz CT molecular complexity index is 665. The van der Waals surface area contributed by atoms with Crippen LogP contribution in [0, 0.1) is 3.57 Å². The van der Waals surface area contributed by atoms with Gasteiger partial charge in [-0.1, -0.05) is 0 Å². The van der Waals surface area contributed by atoms with E-state index in [0.717, 1.165) is 0 Å². The Hall–Kier alpha value is -1.84. The van der Waals surface area contributed by atoms with Gasteiger partial charge in [0.2, 0.25) is 0 Å². The number of aromatic hydroxyl groups is 1. The number of halogens is 1. The van der Waals surface area contributed by atoms with Crippen LogP contribution in [0.5, 0.6) is 5.75 Å². The molecule has 0 unspecified atom stereocenters. The van der Waals surface area contributed by atoms with E-state index < -0.39 is 0 Å². The third-order valence-electron chi connectivity index (χ3n) is 2.63. The summed E-state index contributed by atoms with van der Waals surface area (Å²) in [6.07, 6.45) is 1.22. The molecule has 1 amide bonds. The molecule has 1 aromatic carbocycles. The number of amides is 1. The Labute approximate surface area is 127 Å². The van der Waals surface area contributed by atoms with Crippen molar-refractivity contribution in [2.24, 2.45) is 0 Å². The van der Waals surface area contributed by atoms with Crippen molar-refractivity contribution in [3.63, 3.8) is 0 Å². The molecule has 0 saturated carbocycles. The average Bonchev–Trinajstić information content (AvgIpc) is 2.83. The molecular weight excluding hydrogens is 375 g/mol. The topological polar surface area (TPSA) is 111 Å². The van der Waals surface area contributed by atoms with Gasteiger partial charge in [0, 0.05) is 18.5 Å². The number of aryl methyl sites for hydroxylation is 1. The van der Waals surface area contributed by atoms with Crippen molar-refractivity contribution in [1.29, 1.82) is 0 Å². The van der Waals surface area contributed by atoms with Crippen molar-refractivity contribution in [1.82, 2.24) is 20.5 Å². The summed E-state index contributed by atoms with van der Waals surface area (Å²) in [5.74, 6) is 0.413. The zero-order valence-corrected chi connectivity index (χ0v) is 12.6. The lowest BCUT2D eigenvalue weighted by Crippen LogP contribution is -2.24. The Balaban J connectivity index is 1.80. The Morgan fingerprint density at radius 1 is 1.45 bits per heavy atom. The van der Waals surface area contributed by atoms with Gasteiger partial charge < -0.3 is 10.4 Å². The van der Waals surface area contributed by atoms with Crippen molar-refractivity contribution in [2.75, 3.05) is 6.54 Å². The second-order valence-corrected chi connectivity index (χ2v) is 5.31. The van der Waals surface area contributed by atoms with Crippen molar-refractivity contribution >= 4 is 28.5 Å². The van der Waals surface area contributed by atoms with Crippen LogP contribution in [0.1, 0.15) is 22.6 Å². The first-order chi connectivity index (χ1) is 9.56. The lowest BCUT2D eigenvalue weighted by Gasteiger charge is -2.05. The lowest BCUT2D eigenvalue weighted by molar-refractivity contribution is 0.0952. The van der Waals surface area contributed by atoms with E-state index in [1.54, 1.807) is 12.1 Å². The van der Waals surface area contributed by atoms with Crippen LogP contribution in [-0.4, -0.2) is 32.7 Å². The maximum absolute atomic E-state index is 11.8. The zero-order chi connectivity index (χ0) is 14.5. The largest absolute Gasteiger partial charge is 0.507 e. The fourth-order valence-electron chi connectivity index (χ4n) is 1.64. The first-order valence-electron chi connectivity index (χ1n) is 5.96. The number of aromatic amines is 2. The molecule has 0 aliphatic heterocycles. The van der Waals surface area contributed by atoms with Gasteiger partial charge in [-0.2, -0.15) is 5.10 Å². The molecule has 1 aromatic heterocycles. The van der Waals surface area contributed by atoms with Gasteiger partial charge >= 0.3 is 5.69 Å². The number of rotatable bonds is 5. The van der Waals surface area contributed by atoms with Crippen LogP contribution in [0.25, 0.3) is 0 Å². The number of benzene rings is 1. The summed E-state index contributed by atoms with van der Waals surface area (Å²) in [6.45, 7) is 0.459. The van der Waals surface area contributed by atoms with Gasteiger partial charge in [0.1, 0.15) is 11.6 Å². The zero-order valence-electron chi connectivity index (χ0n) is 10.4. The summed E-state index contributed by atoms with van der Waals surface area (Å²) in [5, 5.41) is 18.3. The van der Waals surface area contributed by atoms with Crippen LogP contribution >= 0.6 is 22.6 Å². The van der Waals surface area contributed by atoms with Crippen LogP contribution < -0.4 is 11.0 Å². The number of hydrogen-bond acceptors (Lipinski definition) is 4. The summed E-state index contributed by atoms with van der Waals surface area (Å²) >= 11 is 1.99. The second-order valence-electron chi connectivity index (χ2n) is 4.15. The standard InChI is InChI=1S/C12H13IN4O3/c13-8-4-3-7(6-9(8)18)11(19)14-5-1-2-10-15-12(20)17-16-10/h3-4,6,18H,1-2,5H2,(H,14,19)(H2,15,16,17,20). The minimum atomic E-state index is -0.335. The highest BCUT2D eigenvalue weighted by Gasteiger charge is 2.07. The lowest BCUT2D eigenvalue weighted by atomic mass is 10.2. The molecule has 4 N–H and O–H groups in total. The molecule has 0 saturated heterocycles. The summed E-state index contributed by atoms with van der Waals surface area (Å²) in [6, 6.07) is 4.77. The van der Waals surface area contributed by atoms with Crippen LogP contribution in [0.2, 0.25) is 0 Å². The number of hydrogen-bond donors (Lipinski definition) is 4. The SMILES string of the molecule is O=C(NCCCc1n[nH]c(=O)[nH]1)c1ccc(I)c(O)c1. The predicted molar refractivity (Wildman–Crippen MR) is 80.7 cm³/mol. The molecule has 1 heterocycles. The monoisotopic (exact) mass is 388 g/mol. The van der Waals surface area contributed by atoms with E-state index in [4.69, 9.17) is 0 Å². The molecule has 0 aliphatic rings. The van der Waals surface area contributed by atoms with E-state index >= 15 is 0 Å². The van der Waals surface area contributed by atoms with E-state index in [-0.39, 0.29) is 17.3 Å². The van der Waals surface area contributed by atoms with Crippen molar-refractivity contribution in [3.8, 4) is 5.75 Å². The van der Waals surface area contributed by atoms with Crippen LogP contribution in [-0.2, 0) is 6.42 Å². The molecule has 0 radical (unpaired) electrons. The number of nitrogens with zero attached hydrogens (tertiary/aromatic N) is 1. The predicted octanol–water partition coefficient (Wildman–Crippen LogP) is 0.771. The first kappa shape index (κ1) is 14.6. The van der Waals surface area contributed by atoms with Crippen molar-refractivity contribution in [3.05, 3.63) is 43.6 Å². The van der Waals surface area contributed by atoms with Gasteiger partial charge in [-0.3, -0.25) is 9.78 Å². The van der Waals surface area contributed by atoms with Crippen LogP contribution in [0.4, 0.5) is 0 Å². The van der Waals surface area contributed by atoms with Gasteiger partial charge in [-0.05, 0) is 47.2 Å². The molecule has 20 heavy (non-hydrogen) atoms. The highest BCUT2D eigenvalue weighted by Crippen LogP contribution is 2.20. The van der Waals surface area contributed by atoms with Gasteiger partial charge in [-0.15, -0.1) is 0 Å². The number of phenolic OH excluding ortho intramolecular Hbond substituents is 1. The van der Waals surface area contributed by atoms with E-state index in [2.05, 4.69) is 20.5 Å². The number of carbonyl (C=O) groups excluding carboxylic acids is 1. The molecule has 0 bridgehead atoms. The molecular formula is C12H13IN4O3. The normalized spacial score (nSPS) is 10.4. The molecule has 106 valence electrons. The van der Waals surface area contributed by atoms with Crippen molar-refractivity contribution < 1.29 is 9.90 Å². The number of nitrogens with one attached hydrogen (secondary N) is 3. The summed E-state index contributed by atoms with van der Waals surface area (Å²) < 4.78 is 0.696. The van der Waals surface area contributed by atoms with E-state index in [0.29, 0.717) is 34.3 Å². The van der Waals surface area contributed by atoms with Gasteiger partial charge in [0.15, 0.2) is 0 Å². The minimum Gasteiger partial charge on any atom is -0.507 e. The van der Waals surface area contributed by atoms with E-state index in [1.165, 1.54) is 6.07 Å². The molecule has 0 spiro atoms. The maximum atomic E-state index is 11.8. The molecule has 2 aromatic rings. The molecule has 8 heteroatoms. The van der Waals surface area contributed by atoms with Crippen LogP contribution in [0.3, 0.4) is 0 Å². The highest BCUT2D eigenvalue weighted by molar-refractivity contribution is 14.1. The third kappa shape index (κ3) is 3.83. The summed E-state index contributed by atoms with van der Waals surface area (Å²) in [5.41, 5.74) is 0.0782. The Morgan fingerprint density at radius 2 is 2.25 bits per heavy atom. The number of carbonyl (C=O) groups is 1. The maximum Gasteiger partial charge on any atom is 0.340 e. The van der Waals surface area contributed by atoms with E-state index in [9.17, 15) is 14.7 Å².